The van der Waals surface area contributed by atoms with Crippen LogP contribution in [-0.4, -0.2) is 29.3 Å². The number of benzene rings is 3. The van der Waals surface area contributed by atoms with Crippen LogP contribution in [0, 0.1) is 0 Å². The lowest BCUT2D eigenvalue weighted by atomic mass is 9.97. The zero-order valence-electron chi connectivity index (χ0n) is 15.0. The van der Waals surface area contributed by atoms with Gasteiger partial charge in [0.05, 0.1) is 0 Å². The molecule has 0 spiro atoms. The van der Waals surface area contributed by atoms with E-state index in [4.69, 9.17) is 23.2 Å². The molecule has 0 aromatic heterocycles. The zero-order valence-corrected chi connectivity index (χ0v) is 16.5. The maximum absolute atomic E-state index is 12.2. The molecule has 0 radical (unpaired) electrons. The van der Waals surface area contributed by atoms with Crippen molar-refractivity contribution in [3.05, 3.63) is 69.7 Å². The predicted molar refractivity (Wildman–Crippen MR) is 114 cm³/mol. The third kappa shape index (κ3) is 3.90. The number of hydrogen-bond donors (Lipinski definition) is 3. The van der Waals surface area contributed by atoms with Crippen molar-refractivity contribution in [3.63, 3.8) is 0 Å². The van der Waals surface area contributed by atoms with E-state index in [0.717, 1.165) is 16.3 Å². The molecular formula is C21H15Cl2N3O3. The number of carbonyl (C=O) groups excluding carboxylic acids is 2. The molecule has 3 aromatic rings. The number of phenols is 1. The average molecular weight is 428 g/mol. The van der Waals surface area contributed by atoms with E-state index in [0.29, 0.717) is 27.7 Å². The van der Waals surface area contributed by atoms with Crippen molar-refractivity contribution >= 4 is 57.3 Å². The van der Waals surface area contributed by atoms with E-state index in [2.05, 4.69) is 15.6 Å². The maximum atomic E-state index is 12.2. The van der Waals surface area contributed by atoms with Gasteiger partial charge in [-0.1, -0.05) is 53.5 Å². The molecular weight excluding hydrogens is 413 g/mol. The molecule has 0 atom stereocenters. The van der Waals surface area contributed by atoms with Gasteiger partial charge in [0.1, 0.15) is 12.3 Å². The van der Waals surface area contributed by atoms with Gasteiger partial charge < -0.3 is 15.7 Å². The summed E-state index contributed by atoms with van der Waals surface area (Å²) in [7, 11) is 0. The molecule has 1 heterocycles. The predicted octanol–water partition coefficient (Wildman–Crippen LogP) is 3.91. The molecule has 3 N–H and O–H groups in total. The Hall–Kier alpha value is -3.09. The van der Waals surface area contributed by atoms with Crippen LogP contribution in [0.5, 0.6) is 5.75 Å². The van der Waals surface area contributed by atoms with Crippen LogP contribution < -0.4 is 10.6 Å². The summed E-state index contributed by atoms with van der Waals surface area (Å²) in [6, 6.07) is 14.2. The number of aliphatic imine (C=N–C) groups is 1. The number of nitrogens with zero attached hydrogens (tertiary/aromatic N) is 1. The number of rotatable bonds is 4. The van der Waals surface area contributed by atoms with Gasteiger partial charge in [-0.2, -0.15) is 0 Å². The number of hydrogen-bond acceptors (Lipinski definition) is 4. The first-order valence-electron chi connectivity index (χ1n) is 8.75. The Morgan fingerprint density at radius 1 is 1.10 bits per heavy atom. The van der Waals surface area contributed by atoms with E-state index in [1.807, 2.05) is 30.3 Å². The third-order valence-corrected chi connectivity index (χ3v) is 5.29. The quantitative estimate of drug-likeness (QED) is 0.589. The Morgan fingerprint density at radius 3 is 2.45 bits per heavy atom. The van der Waals surface area contributed by atoms with Crippen molar-refractivity contribution < 1.29 is 14.7 Å². The van der Waals surface area contributed by atoms with Gasteiger partial charge in [0.15, 0.2) is 5.84 Å². The molecule has 0 unspecified atom stereocenters. The molecule has 1 aliphatic heterocycles. The number of carbonyl (C=O) groups is 2. The molecule has 146 valence electrons. The van der Waals surface area contributed by atoms with Gasteiger partial charge in [0.2, 0.25) is 5.91 Å². The first kappa shape index (κ1) is 19.2. The summed E-state index contributed by atoms with van der Waals surface area (Å²) >= 11 is 12.9. The van der Waals surface area contributed by atoms with Gasteiger partial charge in [-0.3, -0.25) is 14.6 Å². The number of aromatic hydroxyl groups is 1. The first-order valence-corrected chi connectivity index (χ1v) is 9.51. The minimum absolute atomic E-state index is 0.0399. The zero-order chi connectivity index (χ0) is 20.5. The normalized spacial score (nSPS) is 13.3. The van der Waals surface area contributed by atoms with Crippen LogP contribution in [0.4, 0.5) is 5.69 Å². The van der Waals surface area contributed by atoms with Crippen molar-refractivity contribution in [1.29, 1.82) is 0 Å². The highest BCUT2D eigenvalue weighted by molar-refractivity contribution is 6.46. The molecule has 8 heteroatoms. The molecule has 0 bridgehead atoms. The van der Waals surface area contributed by atoms with Crippen LogP contribution in [0.3, 0.4) is 0 Å². The highest BCUT2D eigenvalue weighted by Crippen LogP contribution is 2.34. The van der Waals surface area contributed by atoms with E-state index < -0.39 is 5.91 Å². The van der Waals surface area contributed by atoms with Crippen molar-refractivity contribution in [3.8, 4) is 5.75 Å². The van der Waals surface area contributed by atoms with Crippen LogP contribution in [0.15, 0.2) is 53.5 Å². The van der Waals surface area contributed by atoms with Gasteiger partial charge >= 0.3 is 0 Å². The van der Waals surface area contributed by atoms with Gasteiger partial charge in [-0.15, -0.1) is 0 Å². The Morgan fingerprint density at radius 2 is 1.79 bits per heavy atom. The monoisotopic (exact) mass is 427 g/mol. The average Bonchev–Trinajstić information content (AvgIpc) is 3.13. The van der Waals surface area contributed by atoms with Crippen LogP contribution in [-0.2, 0) is 16.0 Å². The van der Waals surface area contributed by atoms with Gasteiger partial charge in [-0.25, -0.2) is 0 Å². The van der Waals surface area contributed by atoms with Crippen LogP contribution >= 0.6 is 23.2 Å². The lowest BCUT2D eigenvalue weighted by Gasteiger charge is -2.13. The molecule has 1 aliphatic rings. The van der Waals surface area contributed by atoms with E-state index in [9.17, 15) is 14.7 Å². The van der Waals surface area contributed by atoms with E-state index in [1.165, 1.54) is 0 Å². The summed E-state index contributed by atoms with van der Waals surface area (Å²) in [6.45, 7) is -0.0657. The summed E-state index contributed by atoms with van der Waals surface area (Å²) < 4.78 is 0. The Labute approximate surface area is 176 Å². The highest BCUT2D eigenvalue weighted by Gasteiger charge is 2.21. The smallest absolute Gasteiger partial charge is 0.291 e. The molecule has 0 fully saturated rings. The van der Waals surface area contributed by atoms with E-state index in [-0.39, 0.29) is 24.0 Å². The van der Waals surface area contributed by atoms with Crippen molar-refractivity contribution in [1.82, 2.24) is 5.32 Å². The second kappa shape index (κ2) is 7.73. The molecule has 4 rings (SSSR count). The third-order valence-electron chi connectivity index (χ3n) is 4.61. The van der Waals surface area contributed by atoms with Crippen molar-refractivity contribution in [2.45, 2.75) is 6.42 Å². The fraction of sp³-hybridized carbons (Fsp3) is 0.0952. The van der Waals surface area contributed by atoms with Gasteiger partial charge in [0, 0.05) is 27.5 Å². The highest BCUT2D eigenvalue weighted by atomic mass is 35.5. The molecule has 6 nitrogen and oxygen atoms in total. The number of amides is 2. The number of phenolic OH excluding ortho intramolecular Hbond substituents is 1. The minimum atomic E-state index is -0.541. The lowest BCUT2D eigenvalue weighted by molar-refractivity contribution is -0.118. The Kier molecular flexibility index (Phi) is 5.13. The molecule has 0 saturated heterocycles. The minimum Gasteiger partial charge on any atom is -0.507 e. The topological polar surface area (TPSA) is 90.8 Å². The number of halogens is 2. The molecule has 0 saturated carbocycles. The van der Waals surface area contributed by atoms with Crippen LogP contribution in [0.25, 0.3) is 10.8 Å². The van der Waals surface area contributed by atoms with Crippen LogP contribution in [0.2, 0.25) is 10.0 Å². The second-order valence-electron chi connectivity index (χ2n) is 6.55. The summed E-state index contributed by atoms with van der Waals surface area (Å²) in [5.74, 6) is -0.702. The second-order valence-corrected chi connectivity index (χ2v) is 7.37. The number of amidine groups is 1. The Balaban J connectivity index is 1.61. The van der Waals surface area contributed by atoms with Gasteiger partial charge in [0.25, 0.3) is 5.91 Å². The number of fused-ring (bicyclic) bond motifs is 1. The summed E-state index contributed by atoms with van der Waals surface area (Å²) in [6.07, 6.45) is 0.454. The first-order chi connectivity index (χ1) is 13.9. The largest absolute Gasteiger partial charge is 0.507 e. The van der Waals surface area contributed by atoms with Crippen molar-refractivity contribution in [2.24, 2.45) is 4.99 Å². The fourth-order valence-electron chi connectivity index (χ4n) is 3.22. The summed E-state index contributed by atoms with van der Waals surface area (Å²) in [5.41, 5.74) is 2.06. The fourth-order valence-corrected chi connectivity index (χ4v) is 3.84. The maximum Gasteiger partial charge on any atom is 0.291 e. The summed E-state index contributed by atoms with van der Waals surface area (Å²) in [4.78, 5) is 27.2. The number of nitrogens with one attached hydrogen (secondary N) is 2. The number of anilines is 1. The van der Waals surface area contributed by atoms with E-state index >= 15 is 0 Å². The lowest BCUT2D eigenvalue weighted by Crippen LogP contribution is -2.34. The molecule has 3 aromatic carbocycles. The Bertz CT molecular complexity index is 1170. The van der Waals surface area contributed by atoms with Crippen LogP contribution in [0.1, 0.15) is 11.1 Å². The standard InChI is InChI=1S/C21H15Cl2N3O3/c22-16-8-12(25-21(29)20-24-10-19(28)26-20)9-17(23)15(16)7-11-5-6-18(27)14-4-2-1-3-13(11)14/h1-6,8-9,27H,7,10H2,(H,25,29)(H,24,26,28). The summed E-state index contributed by atoms with van der Waals surface area (Å²) in [5, 5.41) is 17.5. The molecule has 2 amide bonds. The van der Waals surface area contributed by atoms with Crippen molar-refractivity contribution in [2.75, 3.05) is 11.9 Å². The van der Waals surface area contributed by atoms with E-state index in [1.54, 1.807) is 18.2 Å². The molecule has 0 aliphatic carbocycles. The molecule has 29 heavy (non-hydrogen) atoms. The SMILES string of the molecule is O=C1CN=C(C(=O)Nc2cc(Cl)c(Cc3ccc(O)c4ccccc34)c(Cl)c2)N1. The van der Waals surface area contributed by atoms with Gasteiger partial charge in [-0.05, 0) is 34.7 Å².